The topological polar surface area (TPSA) is 48.1 Å². The van der Waals surface area contributed by atoms with Crippen LogP contribution in [0, 0.1) is 34.5 Å². The zero-order valence-corrected chi connectivity index (χ0v) is 16.5. The normalized spacial score (nSPS) is 61.9. The van der Waals surface area contributed by atoms with Crippen LogP contribution in [0.3, 0.4) is 0 Å². The fourth-order valence-electron chi connectivity index (χ4n) is 8.28. The van der Waals surface area contributed by atoms with Crippen LogP contribution in [0.25, 0.3) is 0 Å². The Morgan fingerprint density at radius 1 is 0.885 bits per heavy atom. The zero-order valence-electron chi connectivity index (χ0n) is 16.5. The fourth-order valence-corrected chi connectivity index (χ4v) is 8.28. The molecule has 144 valence electrons. The van der Waals surface area contributed by atoms with Crippen LogP contribution in [0.2, 0.25) is 0 Å². The SMILES string of the molecule is CC1(C)O[C@@H]2C3C(CC[C@]4(C)C(=O)CCC34)[C@@]3(C)CC[C@H]4O[C@H]4C3[C@H]2O1. The van der Waals surface area contributed by atoms with Gasteiger partial charge >= 0.3 is 0 Å². The molecule has 0 aromatic rings. The van der Waals surface area contributed by atoms with Crippen LogP contribution in [-0.2, 0) is 19.0 Å². The monoisotopic (exact) mass is 360 g/mol. The maximum atomic E-state index is 12.8. The van der Waals surface area contributed by atoms with Gasteiger partial charge in [-0.05, 0) is 69.1 Å². The Bertz CT molecular complexity index is 673. The van der Waals surface area contributed by atoms with Crippen molar-refractivity contribution in [2.75, 3.05) is 0 Å². The zero-order chi connectivity index (χ0) is 18.1. The van der Waals surface area contributed by atoms with Crippen molar-refractivity contribution in [3.8, 4) is 0 Å². The standard InChI is InChI=1S/C22H32O4/c1-20(2)25-18-15-11-5-6-14(23)21(11,3)9-7-12(15)22(4)10-8-13-17(24-13)16(22)19(18)26-20/h11-13,15-19H,5-10H2,1-4H3/t11?,12?,13-,15?,16?,17-,18-,19-,21+,22-/m1/s1. The molecule has 4 nitrogen and oxygen atoms in total. The first kappa shape index (κ1) is 16.5. The lowest BCUT2D eigenvalue weighted by molar-refractivity contribution is -0.175. The van der Waals surface area contributed by atoms with E-state index in [1.807, 2.05) is 0 Å². The average molecular weight is 360 g/mol. The average Bonchev–Trinajstić information content (AvgIpc) is 3.19. The molecule has 0 aromatic heterocycles. The molecule has 6 rings (SSSR count). The Hall–Kier alpha value is -0.450. The van der Waals surface area contributed by atoms with Gasteiger partial charge in [-0.3, -0.25) is 4.79 Å². The number of carbonyl (C=O) groups excluding carboxylic acids is 1. The van der Waals surface area contributed by atoms with E-state index in [0.29, 0.717) is 41.7 Å². The van der Waals surface area contributed by atoms with Crippen LogP contribution in [0.1, 0.15) is 66.2 Å². The quantitative estimate of drug-likeness (QED) is 0.618. The molecule has 0 radical (unpaired) electrons. The molecular formula is C22H32O4. The highest BCUT2D eigenvalue weighted by atomic mass is 16.8. The fraction of sp³-hybridized carbons (Fsp3) is 0.955. The molecule has 0 N–H and O–H groups in total. The molecule has 10 atom stereocenters. The van der Waals surface area contributed by atoms with Crippen molar-refractivity contribution in [3.63, 3.8) is 0 Å². The Labute approximate surface area is 156 Å². The number of rotatable bonds is 0. The number of carbonyl (C=O) groups is 1. The van der Waals surface area contributed by atoms with E-state index in [0.717, 1.165) is 19.3 Å². The highest BCUT2D eigenvalue weighted by Gasteiger charge is 2.72. The third kappa shape index (κ3) is 1.85. The van der Waals surface area contributed by atoms with Crippen molar-refractivity contribution in [1.82, 2.24) is 0 Å². The summed E-state index contributed by atoms with van der Waals surface area (Å²) >= 11 is 0. The second kappa shape index (κ2) is 4.75. The molecule has 0 amide bonds. The van der Waals surface area contributed by atoms with Crippen molar-refractivity contribution < 1.29 is 19.0 Å². The molecule has 4 heteroatoms. The minimum atomic E-state index is -0.524. The Kier molecular flexibility index (Phi) is 3.01. The number of epoxide rings is 1. The first-order valence-corrected chi connectivity index (χ1v) is 10.8. The Morgan fingerprint density at radius 2 is 1.65 bits per heavy atom. The predicted molar refractivity (Wildman–Crippen MR) is 95.4 cm³/mol. The summed E-state index contributed by atoms with van der Waals surface area (Å²) in [6, 6.07) is 0. The van der Waals surface area contributed by atoms with E-state index in [2.05, 4.69) is 27.7 Å². The lowest BCUT2D eigenvalue weighted by Crippen LogP contribution is -2.64. The van der Waals surface area contributed by atoms with Gasteiger partial charge in [-0.25, -0.2) is 0 Å². The molecule has 0 aromatic carbocycles. The van der Waals surface area contributed by atoms with Gasteiger partial charge in [-0.15, -0.1) is 0 Å². The number of ketones is 1. The molecule has 0 bridgehead atoms. The maximum Gasteiger partial charge on any atom is 0.163 e. The summed E-state index contributed by atoms with van der Waals surface area (Å²) < 4.78 is 19.2. The first-order valence-electron chi connectivity index (χ1n) is 10.8. The van der Waals surface area contributed by atoms with Crippen LogP contribution in [0.5, 0.6) is 0 Å². The summed E-state index contributed by atoms with van der Waals surface area (Å²) in [5.41, 5.74) is 0.137. The van der Waals surface area contributed by atoms with Crippen molar-refractivity contribution in [1.29, 1.82) is 0 Å². The van der Waals surface area contributed by atoms with Crippen molar-refractivity contribution in [3.05, 3.63) is 0 Å². The number of fused-ring (bicyclic) bond motifs is 10. The van der Waals surface area contributed by atoms with Crippen molar-refractivity contribution in [2.45, 2.75) is 96.4 Å². The smallest absolute Gasteiger partial charge is 0.163 e. The number of hydrogen-bond acceptors (Lipinski definition) is 4. The van der Waals surface area contributed by atoms with Gasteiger partial charge in [-0.2, -0.15) is 0 Å². The third-order valence-corrected chi connectivity index (χ3v) is 9.49. The van der Waals surface area contributed by atoms with Crippen molar-refractivity contribution >= 4 is 5.78 Å². The molecule has 4 saturated carbocycles. The number of ether oxygens (including phenoxy) is 3. The second-order valence-electron chi connectivity index (χ2n) is 11.0. The van der Waals surface area contributed by atoms with Crippen LogP contribution in [0.4, 0.5) is 0 Å². The molecule has 6 fully saturated rings. The first-order chi connectivity index (χ1) is 12.2. The third-order valence-electron chi connectivity index (χ3n) is 9.49. The van der Waals surface area contributed by atoms with Crippen LogP contribution >= 0.6 is 0 Å². The highest BCUT2D eigenvalue weighted by molar-refractivity contribution is 5.87. The molecule has 2 aliphatic heterocycles. The van der Waals surface area contributed by atoms with Crippen molar-refractivity contribution in [2.24, 2.45) is 34.5 Å². The highest BCUT2D eigenvalue weighted by Crippen LogP contribution is 2.69. The van der Waals surface area contributed by atoms with Crippen LogP contribution in [-0.4, -0.2) is 36.0 Å². The van der Waals surface area contributed by atoms with Gasteiger partial charge in [-0.1, -0.05) is 13.8 Å². The molecule has 2 saturated heterocycles. The maximum absolute atomic E-state index is 12.8. The van der Waals surface area contributed by atoms with Gasteiger partial charge in [0.25, 0.3) is 0 Å². The number of hydrogen-bond donors (Lipinski definition) is 0. The summed E-state index contributed by atoms with van der Waals surface area (Å²) in [5.74, 6) is 2.00. The predicted octanol–water partition coefficient (Wildman–Crippen LogP) is 3.72. The largest absolute Gasteiger partial charge is 0.369 e. The van der Waals surface area contributed by atoms with Gasteiger partial charge in [0.15, 0.2) is 5.79 Å². The minimum Gasteiger partial charge on any atom is -0.369 e. The summed E-state index contributed by atoms with van der Waals surface area (Å²) in [5, 5.41) is 0. The van der Waals surface area contributed by atoms with E-state index >= 15 is 0 Å². The molecule has 4 unspecified atom stereocenters. The van der Waals surface area contributed by atoms with E-state index in [1.165, 1.54) is 19.3 Å². The van der Waals surface area contributed by atoms with Crippen LogP contribution < -0.4 is 0 Å². The molecule has 0 spiro atoms. The second-order valence-corrected chi connectivity index (χ2v) is 11.0. The summed E-state index contributed by atoms with van der Waals surface area (Å²) in [7, 11) is 0. The van der Waals surface area contributed by atoms with Crippen LogP contribution in [0.15, 0.2) is 0 Å². The molecule has 6 aliphatic rings. The van der Waals surface area contributed by atoms with E-state index in [-0.39, 0.29) is 23.0 Å². The molecular weight excluding hydrogens is 328 g/mol. The van der Waals surface area contributed by atoms with Gasteiger partial charge in [0, 0.05) is 17.8 Å². The van der Waals surface area contributed by atoms with E-state index in [1.54, 1.807) is 0 Å². The Morgan fingerprint density at radius 3 is 2.46 bits per heavy atom. The minimum absolute atomic E-state index is 0.127. The lowest BCUT2D eigenvalue weighted by atomic mass is 9.44. The summed E-state index contributed by atoms with van der Waals surface area (Å²) in [4.78, 5) is 12.8. The Balaban J connectivity index is 1.47. The molecule has 2 heterocycles. The lowest BCUT2D eigenvalue weighted by Gasteiger charge is -2.61. The van der Waals surface area contributed by atoms with Gasteiger partial charge in [0.1, 0.15) is 5.78 Å². The van der Waals surface area contributed by atoms with E-state index in [9.17, 15) is 4.79 Å². The summed E-state index contributed by atoms with van der Waals surface area (Å²) in [6.45, 7) is 8.88. The van der Waals surface area contributed by atoms with Gasteiger partial charge in [0.05, 0.1) is 24.4 Å². The number of Topliss-reactive ketones (excluding diaryl/α,β-unsaturated/α-hetero) is 1. The van der Waals surface area contributed by atoms with E-state index < -0.39 is 5.79 Å². The molecule has 26 heavy (non-hydrogen) atoms. The summed E-state index contributed by atoms with van der Waals surface area (Å²) in [6.07, 6.45) is 7.58. The van der Waals surface area contributed by atoms with Gasteiger partial charge in [0.2, 0.25) is 0 Å². The van der Waals surface area contributed by atoms with Gasteiger partial charge < -0.3 is 14.2 Å². The van der Waals surface area contributed by atoms with E-state index in [4.69, 9.17) is 14.2 Å². The molecule has 4 aliphatic carbocycles.